The van der Waals surface area contributed by atoms with Gasteiger partial charge in [-0.05, 0) is 0 Å². The summed E-state index contributed by atoms with van der Waals surface area (Å²) in [4.78, 5) is 3.94. The van der Waals surface area contributed by atoms with Gasteiger partial charge in [0, 0.05) is 1010 Å². The average Bonchev–Trinajstić information content (AvgIpc) is 2.20. The van der Waals surface area contributed by atoms with E-state index in [-0.39, 0.29) is 1010 Å². The molecule has 0 saturated heterocycles. The minimum Gasteiger partial charge on any atom is -0.371 e. The van der Waals surface area contributed by atoms with Crippen molar-refractivity contribution in [2.24, 2.45) is 0 Å². The standard InChI is InChI=1S/C12H9N.31Y/c1-10-4-6-11(7-5-10)12-3-2-8-13-9-12;;;;;;;;;;;;;;;;;;;;;;;;;;;;;;;/h2-6,8H,1H3;;;;;;;;;;;;;;;;;;;;;;;;;;;;;;;/q-2;;;;;;;;;;;;;;;;;;;;;;;;;;;;;;;. The summed E-state index contributed by atoms with van der Waals surface area (Å²) in [5, 5.41) is 0. The van der Waals surface area contributed by atoms with E-state index >= 15 is 0 Å². The van der Waals surface area contributed by atoms with Crippen LogP contribution in [0.4, 0.5) is 0 Å². The molecule has 1 nitrogen and oxygen atoms in total. The zero-order valence-corrected chi connectivity index (χ0v) is 113. The summed E-state index contributed by atoms with van der Waals surface area (Å²) < 4.78 is 0. The largest absolute Gasteiger partial charge is 0.371 e. The Balaban J connectivity index is -0.00000000226. The predicted molar refractivity (Wildman–Crippen MR) is 52.1 cm³/mol. The SMILES string of the molecule is Cc1c[c-]c(-c2[c-]nccc2)cc1.[Y].[Y].[Y].[Y].[Y].[Y].[Y].[Y].[Y].[Y].[Y].[Y].[Y].[Y].[Y].[Y].[Y].[Y].[Y].[Y].[Y].[Y].[Y].[Y].[Y].[Y].[Y].[Y].[Y].[Y].[Y]. The van der Waals surface area contributed by atoms with E-state index in [1.807, 2.05) is 31.2 Å². The molecular weight excluding hydrogens is 2910 g/mol. The van der Waals surface area contributed by atoms with E-state index in [1.54, 1.807) is 6.20 Å². The van der Waals surface area contributed by atoms with Crippen LogP contribution in [-0.4, -0.2) is 4.98 Å². The second kappa shape index (κ2) is 164. The van der Waals surface area contributed by atoms with Gasteiger partial charge in [-0.15, -0.1) is 11.6 Å². The van der Waals surface area contributed by atoms with E-state index in [0.29, 0.717) is 0 Å². The third-order valence-electron chi connectivity index (χ3n) is 1.87. The van der Waals surface area contributed by atoms with Crippen LogP contribution in [0.3, 0.4) is 0 Å². The molecule has 157 valence electrons. The van der Waals surface area contributed by atoms with E-state index in [0.717, 1.165) is 11.1 Å². The van der Waals surface area contributed by atoms with Crippen LogP contribution in [0.2, 0.25) is 0 Å². The maximum absolute atomic E-state index is 3.94. The van der Waals surface area contributed by atoms with Crippen molar-refractivity contribution in [2.75, 3.05) is 0 Å². The summed E-state index contributed by atoms with van der Waals surface area (Å²) in [6.07, 6.45) is 4.64. The van der Waals surface area contributed by atoms with Crippen LogP contribution in [0.5, 0.6) is 0 Å². The molecule has 32 heteroatoms. The number of aromatic nitrogens is 1. The average molecular weight is 2920 g/mol. The number of aryl methyl sites for hydroxylation is 1. The Hall–Kier alpha value is 32.6. The molecule has 44 heavy (non-hydrogen) atoms. The summed E-state index contributed by atoms with van der Waals surface area (Å²) in [6.45, 7) is 2.05. The van der Waals surface area contributed by atoms with Crippen molar-refractivity contribution >= 4 is 0 Å². The Labute approximate surface area is 1050 Å². The van der Waals surface area contributed by atoms with E-state index in [2.05, 4.69) is 23.3 Å². The fraction of sp³-hybridized carbons (Fsp3) is 0.0833. The molecule has 0 atom stereocenters. The molecule has 1 aromatic carbocycles. The monoisotopic (exact) mass is 2920 g/mol. The first-order valence-electron chi connectivity index (χ1n) is 4.18. The first kappa shape index (κ1) is 202. The summed E-state index contributed by atoms with van der Waals surface area (Å²) in [5.74, 6) is 0. The minimum absolute atomic E-state index is 0. The van der Waals surface area contributed by atoms with Crippen LogP contribution < -0.4 is 0 Å². The first-order chi connectivity index (χ1) is 6.36. The normalized spacial score (nSPS) is 2.93. The van der Waals surface area contributed by atoms with Crippen molar-refractivity contribution in [1.82, 2.24) is 4.98 Å². The van der Waals surface area contributed by atoms with Gasteiger partial charge in [0.2, 0.25) is 0 Å². The molecule has 0 aliphatic rings. The zero-order valence-electron chi connectivity index (χ0n) is 25.3. The molecule has 0 unspecified atom stereocenters. The van der Waals surface area contributed by atoms with Gasteiger partial charge in [-0.3, -0.25) is 0 Å². The van der Waals surface area contributed by atoms with Crippen molar-refractivity contribution in [3.8, 4) is 11.1 Å². The minimum atomic E-state index is 0. The van der Waals surface area contributed by atoms with E-state index in [4.69, 9.17) is 0 Å². The van der Waals surface area contributed by atoms with Gasteiger partial charge in [-0.2, -0.15) is 30.3 Å². The van der Waals surface area contributed by atoms with Crippen LogP contribution in [0.15, 0.2) is 36.5 Å². The molecule has 0 bridgehead atoms. The Bertz CT molecular complexity index is 414. The van der Waals surface area contributed by atoms with Crippen molar-refractivity contribution in [3.63, 3.8) is 0 Å². The molecular formula is C12H9NY31-2. The molecule has 2 aromatic rings. The molecule has 0 aliphatic heterocycles. The number of hydrogen-bond acceptors (Lipinski definition) is 1. The third-order valence-corrected chi connectivity index (χ3v) is 1.87. The topological polar surface area (TPSA) is 12.9 Å². The van der Waals surface area contributed by atoms with Crippen LogP contribution >= 0.6 is 0 Å². The summed E-state index contributed by atoms with van der Waals surface area (Å²) in [5.41, 5.74) is 3.24. The Morgan fingerprint density at radius 1 is 0.364 bits per heavy atom. The summed E-state index contributed by atoms with van der Waals surface area (Å²) in [7, 11) is 0. The van der Waals surface area contributed by atoms with Crippen molar-refractivity contribution < 1.29 is 1010 Å². The summed E-state index contributed by atoms with van der Waals surface area (Å²) in [6, 6.07) is 13.1. The van der Waals surface area contributed by atoms with Gasteiger partial charge in [0.25, 0.3) is 0 Å². The third kappa shape index (κ3) is 136. The molecule has 0 aliphatic carbocycles. The molecule has 2 rings (SSSR count). The fourth-order valence-electron chi connectivity index (χ4n) is 1.15. The molecule has 0 amide bonds. The van der Waals surface area contributed by atoms with Gasteiger partial charge in [0.15, 0.2) is 0 Å². The number of hydrogen-bond donors (Lipinski definition) is 0. The van der Waals surface area contributed by atoms with Crippen LogP contribution in [0.1, 0.15) is 5.56 Å². The van der Waals surface area contributed by atoms with Crippen molar-refractivity contribution in [2.45, 2.75) is 6.92 Å². The second-order valence-corrected chi connectivity index (χ2v) is 2.94. The Morgan fingerprint density at radius 2 is 0.636 bits per heavy atom. The fourth-order valence-corrected chi connectivity index (χ4v) is 1.15. The molecule has 1 heterocycles. The summed E-state index contributed by atoms with van der Waals surface area (Å²) >= 11 is 0. The molecule has 0 saturated carbocycles. The van der Waals surface area contributed by atoms with Gasteiger partial charge in [-0.1, -0.05) is 19.3 Å². The first-order valence-corrected chi connectivity index (χ1v) is 4.18. The number of benzene rings is 1. The van der Waals surface area contributed by atoms with E-state index in [1.165, 1.54) is 5.56 Å². The second-order valence-electron chi connectivity index (χ2n) is 2.94. The van der Waals surface area contributed by atoms with Crippen LogP contribution in [0.25, 0.3) is 11.1 Å². The van der Waals surface area contributed by atoms with E-state index in [9.17, 15) is 0 Å². The Kier molecular flexibility index (Phi) is 753. The molecule has 0 N–H and O–H groups in total. The maximum Gasteiger partial charge on any atom is 0 e. The van der Waals surface area contributed by atoms with Crippen LogP contribution in [0, 0.1) is 19.2 Å². The molecule has 0 fully saturated rings. The Morgan fingerprint density at radius 3 is 0.818 bits per heavy atom. The smallest absolute Gasteiger partial charge is 0 e. The van der Waals surface area contributed by atoms with Crippen molar-refractivity contribution in [1.29, 1.82) is 0 Å². The molecule has 0 spiro atoms. The maximum atomic E-state index is 3.94. The van der Waals surface area contributed by atoms with Gasteiger partial charge < -0.3 is 4.98 Å². The van der Waals surface area contributed by atoms with Crippen LogP contribution in [-0.2, 0) is 1010 Å². The molecule has 1 aromatic heterocycles. The number of nitrogens with zero attached hydrogens (tertiary/aromatic N) is 1. The number of rotatable bonds is 1. The van der Waals surface area contributed by atoms with Gasteiger partial charge in [0.1, 0.15) is 0 Å². The quantitative estimate of drug-likeness (QED) is 0.401. The predicted octanol–water partition coefficient (Wildman–Crippen LogP) is 2.58. The number of pyridine rings is 1. The molecule has 31 radical (unpaired) electrons. The zero-order chi connectivity index (χ0) is 9.10. The van der Waals surface area contributed by atoms with E-state index < -0.39 is 0 Å². The van der Waals surface area contributed by atoms with Crippen molar-refractivity contribution in [3.05, 3.63) is 54.4 Å². The van der Waals surface area contributed by atoms with Gasteiger partial charge in [-0.25, -0.2) is 11.1 Å². The van der Waals surface area contributed by atoms with Gasteiger partial charge >= 0.3 is 0 Å². The van der Waals surface area contributed by atoms with Gasteiger partial charge in [0.05, 0.1) is 0 Å².